The Morgan fingerprint density at radius 1 is 0.946 bits per heavy atom. The van der Waals surface area contributed by atoms with Crippen molar-refractivity contribution in [2.24, 2.45) is 0 Å². The number of amides is 2. The monoisotopic (exact) mass is 505 g/mol. The Kier molecular flexibility index (Phi) is 8.16. The summed E-state index contributed by atoms with van der Waals surface area (Å²) in [6, 6.07) is 15.7. The molecule has 0 bridgehead atoms. The number of hydrogen-bond acceptors (Lipinski definition) is 6. The van der Waals surface area contributed by atoms with Crippen LogP contribution in [0, 0.1) is 6.92 Å². The predicted molar refractivity (Wildman–Crippen MR) is 141 cm³/mol. The maximum atomic E-state index is 13.2. The number of allylic oxidation sites excluding steroid dienone is 1. The minimum atomic E-state index is -0.441. The molecule has 37 heavy (non-hydrogen) atoms. The summed E-state index contributed by atoms with van der Waals surface area (Å²) in [4.78, 5) is 44.9. The van der Waals surface area contributed by atoms with E-state index in [-0.39, 0.29) is 31.4 Å². The highest BCUT2D eigenvalue weighted by molar-refractivity contribution is 5.97. The third-order valence-electron chi connectivity index (χ3n) is 7.16. The summed E-state index contributed by atoms with van der Waals surface area (Å²) >= 11 is 0. The molecule has 2 aromatic carbocycles. The second-order valence-electron chi connectivity index (χ2n) is 9.43. The molecule has 0 N–H and O–H groups in total. The van der Waals surface area contributed by atoms with Crippen LogP contribution in [0.15, 0.2) is 59.8 Å². The minimum absolute atomic E-state index is 0.0866. The first-order chi connectivity index (χ1) is 17.8. The zero-order valence-electron chi connectivity index (χ0n) is 22.0. The molecule has 1 atom stereocenters. The van der Waals surface area contributed by atoms with E-state index < -0.39 is 11.9 Å². The van der Waals surface area contributed by atoms with E-state index in [4.69, 9.17) is 9.47 Å². The molecule has 8 nitrogen and oxygen atoms in total. The number of carbonyl (C=O) groups is 3. The Morgan fingerprint density at radius 2 is 1.59 bits per heavy atom. The van der Waals surface area contributed by atoms with Crippen LogP contribution < -0.4 is 9.64 Å². The molecule has 0 spiro atoms. The highest BCUT2D eigenvalue weighted by Gasteiger charge is 2.38. The summed E-state index contributed by atoms with van der Waals surface area (Å²) < 4.78 is 10.6. The molecule has 2 aliphatic rings. The normalized spacial score (nSPS) is 18.2. The van der Waals surface area contributed by atoms with E-state index in [1.165, 1.54) is 4.90 Å². The van der Waals surface area contributed by atoms with Crippen LogP contribution in [0.3, 0.4) is 0 Å². The quantitative estimate of drug-likeness (QED) is 0.536. The number of esters is 1. The molecular formula is C29H35N3O5. The standard InChI is InChI=1S/C29H35N3O5/c1-5-37-29(35)28-21(3)32(26(33)18-25(28)22-8-6-20(2)7-9-22)19-27(34)31-16-14-30(15-17-31)23-10-12-24(36-4)13-11-23/h6-13,25H,5,14-19H2,1-4H3. The van der Waals surface area contributed by atoms with Crippen LogP contribution in [0.5, 0.6) is 5.75 Å². The molecule has 4 rings (SSSR count). The first-order valence-corrected chi connectivity index (χ1v) is 12.7. The zero-order chi connectivity index (χ0) is 26.5. The number of benzene rings is 2. The number of carbonyl (C=O) groups excluding carboxylic acids is 3. The van der Waals surface area contributed by atoms with Crippen LogP contribution >= 0.6 is 0 Å². The van der Waals surface area contributed by atoms with Crippen molar-refractivity contribution < 1.29 is 23.9 Å². The van der Waals surface area contributed by atoms with Crippen LogP contribution in [-0.2, 0) is 19.1 Å². The smallest absolute Gasteiger partial charge is 0.336 e. The van der Waals surface area contributed by atoms with Crippen molar-refractivity contribution in [2.75, 3.05) is 51.3 Å². The maximum Gasteiger partial charge on any atom is 0.336 e. The lowest BCUT2D eigenvalue weighted by molar-refractivity contribution is -0.142. The van der Waals surface area contributed by atoms with Crippen molar-refractivity contribution in [2.45, 2.75) is 33.1 Å². The highest BCUT2D eigenvalue weighted by Crippen LogP contribution is 2.37. The second-order valence-corrected chi connectivity index (χ2v) is 9.43. The van der Waals surface area contributed by atoms with Gasteiger partial charge in [-0.3, -0.25) is 9.59 Å². The number of nitrogens with zero attached hydrogens (tertiary/aromatic N) is 3. The van der Waals surface area contributed by atoms with Gasteiger partial charge in [0.15, 0.2) is 0 Å². The first-order valence-electron chi connectivity index (χ1n) is 12.7. The third kappa shape index (κ3) is 5.79. The average molecular weight is 506 g/mol. The molecule has 0 aliphatic carbocycles. The van der Waals surface area contributed by atoms with Gasteiger partial charge in [-0.05, 0) is 50.6 Å². The number of hydrogen-bond donors (Lipinski definition) is 0. The van der Waals surface area contributed by atoms with Crippen LogP contribution in [0.4, 0.5) is 5.69 Å². The van der Waals surface area contributed by atoms with Gasteiger partial charge < -0.3 is 24.2 Å². The molecule has 2 heterocycles. The first kappa shape index (κ1) is 26.3. The summed E-state index contributed by atoms with van der Waals surface area (Å²) in [7, 11) is 1.64. The lowest BCUT2D eigenvalue weighted by Crippen LogP contribution is -2.52. The fraction of sp³-hybridized carbons (Fsp3) is 0.414. The lowest BCUT2D eigenvalue weighted by atomic mass is 9.83. The Morgan fingerprint density at radius 3 is 2.19 bits per heavy atom. The molecule has 8 heteroatoms. The predicted octanol–water partition coefficient (Wildman–Crippen LogP) is 3.51. The minimum Gasteiger partial charge on any atom is -0.497 e. The fourth-order valence-corrected chi connectivity index (χ4v) is 5.00. The van der Waals surface area contributed by atoms with Crippen molar-refractivity contribution in [1.29, 1.82) is 0 Å². The van der Waals surface area contributed by atoms with E-state index in [1.54, 1.807) is 25.9 Å². The molecule has 1 saturated heterocycles. The maximum absolute atomic E-state index is 13.2. The fourth-order valence-electron chi connectivity index (χ4n) is 5.00. The number of anilines is 1. The number of rotatable bonds is 7. The van der Waals surface area contributed by atoms with Crippen molar-refractivity contribution in [1.82, 2.24) is 9.80 Å². The zero-order valence-corrected chi connectivity index (χ0v) is 22.0. The van der Waals surface area contributed by atoms with E-state index in [0.29, 0.717) is 37.4 Å². The molecule has 0 saturated carbocycles. The van der Waals surface area contributed by atoms with Crippen LogP contribution in [0.1, 0.15) is 37.3 Å². The van der Waals surface area contributed by atoms with Crippen molar-refractivity contribution in [3.8, 4) is 5.75 Å². The van der Waals surface area contributed by atoms with E-state index in [0.717, 1.165) is 22.6 Å². The van der Waals surface area contributed by atoms with Gasteiger partial charge in [-0.2, -0.15) is 0 Å². The van der Waals surface area contributed by atoms with Crippen LogP contribution in [-0.4, -0.2) is 74.0 Å². The van der Waals surface area contributed by atoms with Gasteiger partial charge >= 0.3 is 5.97 Å². The Balaban J connectivity index is 1.47. The van der Waals surface area contributed by atoms with Crippen molar-refractivity contribution in [3.63, 3.8) is 0 Å². The molecule has 0 radical (unpaired) electrons. The number of ether oxygens (including phenoxy) is 2. The van der Waals surface area contributed by atoms with Crippen LogP contribution in [0.25, 0.3) is 0 Å². The third-order valence-corrected chi connectivity index (χ3v) is 7.16. The Bertz CT molecular complexity index is 1170. The Labute approximate surface area is 218 Å². The number of aryl methyl sites for hydroxylation is 1. The van der Waals surface area contributed by atoms with Gasteiger partial charge in [0.1, 0.15) is 12.3 Å². The Hall–Kier alpha value is -3.81. The van der Waals surface area contributed by atoms with E-state index in [2.05, 4.69) is 4.90 Å². The van der Waals surface area contributed by atoms with Gasteiger partial charge in [-0.1, -0.05) is 29.8 Å². The molecule has 2 amide bonds. The molecule has 2 aromatic rings. The number of piperazine rings is 1. The highest BCUT2D eigenvalue weighted by atomic mass is 16.5. The topological polar surface area (TPSA) is 79.4 Å². The van der Waals surface area contributed by atoms with E-state index in [9.17, 15) is 14.4 Å². The lowest BCUT2D eigenvalue weighted by Gasteiger charge is -2.38. The number of methoxy groups -OCH3 is 1. The summed E-state index contributed by atoms with van der Waals surface area (Å²) in [6.07, 6.45) is 0.118. The van der Waals surface area contributed by atoms with Gasteiger partial charge in [-0.15, -0.1) is 0 Å². The van der Waals surface area contributed by atoms with Gasteiger partial charge in [-0.25, -0.2) is 4.79 Å². The largest absolute Gasteiger partial charge is 0.497 e. The average Bonchev–Trinajstić information content (AvgIpc) is 2.91. The van der Waals surface area contributed by atoms with Gasteiger partial charge in [0.25, 0.3) is 0 Å². The SMILES string of the molecule is CCOC(=O)C1=C(C)N(CC(=O)N2CCN(c3ccc(OC)cc3)CC2)C(=O)CC1c1ccc(C)cc1. The summed E-state index contributed by atoms with van der Waals surface area (Å²) in [6.45, 7) is 8.16. The van der Waals surface area contributed by atoms with Gasteiger partial charge in [0.2, 0.25) is 11.8 Å². The molecule has 1 unspecified atom stereocenters. The van der Waals surface area contributed by atoms with E-state index >= 15 is 0 Å². The summed E-state index contributed by atoms with van der Waals surface area (Å²) in [5, 5.41) is 0. The van der Waals surface area contributed by atoms with Crippen LogP contribution in [0.2, 0.25) is 0 Å². The van der Waals surface area contributed by atoms with Gasteiger partial charge in [0.05, 0.1) is 19.3 Å². The molecular weight excluding hydrogens is 470 g/mol. The van der Waals surface area contributed by atoms with Gasteiger partial charge in [0, 0.05) is 49.9 Å². The summed E-state index contributed by atoms with van der Waals surface area (Å²) in [5.41, 5.74) is 4.01. The van der Waals surface area contributed by atoms with Crippen molar-refractivity contribution >= 4 is 23.5 Å². The molecule has 0 aromatic heterocycles. The molecule has 196 valence electrons. The van der Waals surface area contributed by atoms with E-state index in [1.807, 2.05) is 55.5 Å². The molecule has 2 aliphatic heterocycles. The molecule has 1 fully saturated rings. The summed E-state index contributed by atoms with van der Waals surface area (Å²) in [5.74, 6) is -0.324. The second kappa shape index (κ2) is 11.5. The van der Waals surface area contributed by atoms with Crippen molar-refractivity contribution in [3.05, 3.63) is 70.9 Å².